The Hall–Kier alpha value is -0.640. The maximum Gasteiger partial charge on any atom is 0.227 e. The molecule has 0 amide bonds. The van der Waals surface area contributed by atoms with E-state index in [-0.39, 0.29) is 6.54 Å². The lowest BCUT2D eigenvalue weighted by Crippen LogP contribution is -2.46. The third kappa shape index (κ3) is 4.83. The van der Waals surface area contributed by atoms with Gasteiger partial charge in [0, 0.05) is 12.1 Å². The van der Waals surface area contributed by atoms with E-state index in [4.69, 9.17) is 11.0 Å². The fraction of sp³-hybridized carbons (Fsp3) is 0.857. The number of hydrogen-bond donors (Lipinski definition) is 2. The van der Waals surface area contributed by atoms with Crippen molar-refractivity contribution in [2.24, 2.45) is 5.73 Å². The molecule has 0 rings (SSSR count). The summed E-state index contributed by atoms with van der Waals surface area (Å²) in [4.78, 5) is 0. The van der Waals surface area contributed by atoms with Crippen molar-refractivity contribution >= 4 is 10.0 Å². The summed E-state index contributed by atoms with van der Waals surface area (Å²) in [6, 6.07) is 1.65. The molecule has 0 aliphatic rings. The fourth-order valence-electron chi connectivity index (χ4n) is 0.481. The van der Waals surface area contributed by atoms with E-state index in [0.717, 1.165) is 0 Å². The second kappa shape index (κ2) is 4.05. The third-order valence-corrected chi connectivity index (χ3v) is 2.96. The maximum absolute atomic E-state index is 11.2. The Kier molecular flexibility index (Phi) is 3.85. The van der Waals surface area contributed by atoms with Crippen LogP contribution in [0.3, 0.4) is 0 Å². The number of nitriles is 1. The van der Waals surface area contributed by atoms with Crippen molar-refractivity contribution < 1.29 is 8.42 Å². The maximum atomic E-state index is 11.2. The molecule has 0 aliphatic carbocycles. The van der Waals surface area contributed by atoms with Crippen LogP contribution in [0.15, 0.2) is 0 Å². The van der Waals surface area contributed by atoms with Crippen LogP contribution in [0, 0.1) is 11.3 Å². The minimum absolute atomic E-state index is 0.126. The van der Waals surface area contributed by atoms with Crippen molar-refractivity contribution in [1.82, 2.24) is 4.72 Å². The van der Waals surface area contributed by atoms with Crippen LogP contribution >= 0.6 is 0 Å². The molecule has 1 atom stereocenters. The Bertz CT molecular complexity index is 297. The van der Waals surface area contributed by atoms with E-state index >= 15 is 0 Å². The van der Waals surface area contributed by atoms with Crippen molar-refractivity contribution in [3.63, 3.8) is 0 Å². The number of nitrogens with zero attached hydrogens (tertiary/aromatic N) is 1. The monoisotopic (exact) mass is 205 g/mol. The largest absolute Gasteiger partial charge is 0.324 e. The molecule has 0 aromatic rings. The van der Waals surface area contributed by atoms with Gasteiger partial charge in [0.15, 0.2) is 5.25 Å². The van der Waals surface area contributed by atoms with Gasteiger partial charge in [-0.2, -0.15) is 5.26 Å². The highest BCUT2D eigenvalue weighted by atomic mass is 32.2. The molecule has 0 aromatic heterocycles. The molecule has 3 N–H and O–H groups in total. The number of nitrogens with one attached hydrogen (secondary N) is 1. The predicted octanol–water partition coefficient (Wildman–Crippen LogP) is -0.445. The first kappa shape index (κ1) is 12.4. The first-order valence-electron chi connectivity index (χ1n) is 3.86. The van der Waals surface area contributed by atoms with Gasteiger partial charge in [-0.3, -0.25) is 0 Å². The lowest BCUT2D eigenvalue weighted by Gasteiger charge is -2.19. The van der Waals surface area contributed by atoms with E-state index < -0.39 is 20.8 Å². The molecule has 0 heterocycles. The average molecular weight is 205 g/mol. The third-order valence-electron chi connectivity index (χ3n) is 1.38. The molecule has 0 aliphatic heterocycles. The molecule has 0 saturated carbocycles. The Morgan fingerprint density at radius 1 is 1.62 bits per heavy atom. The number of rotatable bonds is 4. The van der Waals surface area contributed by atoms with E-state index in [1.54, 1.807) is 19.9 Å². The quantitative estimate of drug-likeness (QED) is 0.650. The molecular formula is C7H15N3O2S. The Morgan fingerprint density at radius 2 is 2.08 bits per heavy atom. The van der Waals surface area contributed by atoms with Gasteiger partial charge in [-0.05, 0) is 20.8 Å². The van der Waals surface area contributed by atoms with Crippen LogP contribution in [0.4, 0.5) is 0 Å². The number of nitrogens with two attached hydrogens (primary N) is 1. The van der Waals surface area contributed by atoms with Gasteiger partial charge >= 0.3 is 0 Å². The molecule has 1 unspecified atom stereocenters. The fourth-order valence-corrected chi connectivity index (χ4v) is 1.44. The van der Waals surface area contributed by atoms with Crippen molar-refractivity contribution in [2.75, 3.05) is 6.54 Å². The predicted molar refractivity (Wildman–Crippen MR) is 50.3 cm³/mol. The summed E-state index contributed by atoms with van der Waals surface area (Å²) in [5.74, 6) is 0. The van der Waals surface area contributed by atoms with Crippen molar-refractivity contribution in [3.8, 4) is 6.07 Å². The normalized spacial score (nSPS) is 15.0. The first-order valence-corrected chi connectivity index (χ1v) is 5.40. The van der Waals surface area contributed by atoms with Gasteiger partial charge in [0.05, 0.1) is 6.07 Å². The molecule has 76 valence electrons. The van der Waals surface area contributed by atoms with Crippen molar-refractivity contribution in [3.05, 3.63) is 0 Å². The lowest BCUT2D eigenvalue weighted by atomic mass is 10.1. The van der Waals surface area contributed by atoms with E-state index in [9.17, 15) is 8.42 Å². The second-order valence-corrected chi connectivity index (χ2v) is 5.71. The molecule has 5 nitrogen and oxygen atoms in total. The van der Waals surface area contributed by atoms with Gasteiger partial charge in [0.25, 0.3) is 0 Å². The smallest absolute Gasteiger partial charge is 0.227 e. The summed E-state index contributed by atoms with van der Waals surface area (Å²) >= 11 is 0. The SMILES string of the molecule is CC(C#N)S(=O)(=O)NCC(C)(C)N. The van der Waals surface area contributed by atoms with E-state index in [2.05, 4.69) is 4.72 Å². The zero-order valence-electron chi connectivity index (χ0n) is 8.03. The molecular weight excluding hydrogens is 190 g/mol. The minimum atomic E-state index is -3.53. The topological polar surface area (TPSA) is 96.0 Å². The van der Waals surface area contributed by atoms with Gasteiger partial charge in [-0.25, -0.2) is 13.1 Å². The van der Waals surface area contributed by atoms with Gasteiger partial charge < -0.3 is 5.73 Å². The first-order chi connectivity index (χ1) is 5.69. The van der Waals surface area contributed by atoms with Crippen molar-refractivity contribution in [1.29, 1.82) is 5.26 Å². The summed E-state index contributed by atoms with van der Waals surface area (Å²) in [6.07, 6.45) is 0. The highest BCUT2D eigenvalue weighted by Crippen LogP contribution is 1.99. The molecule has 0 bridgehead atoms. The molecule has 0 aromatic carbocycles. The van der Waals surface area contributed by atoms with Crippen LogP contribution in [0.5, 0.6) is 0 Å². The van der Waals surface area contributed by atoms with Gasteiger partial charge in [0.2, 0.25) is 10.0 Å². The number of hydrogen-bond acceptors (Lipinski definition) is 4. The molecule has 0 radical (unpaired) electrons. The molecule has 0 spiro atoms. The van der Waals surface area contributed by atoms with Gasteiger partial charge in [-0.1, -0.05) is 0 Å². The summed E-state index contributed by atoms with van der Waals surface area (Å²) in [5, 5.41) is 7.35. The van der Waals surface area contributed by atoms with Crippen LogP contribution in [-0.4, -0.2) is 25.8 Å². The summed E-state index contributed by atoms with van der Waals surface area (Å²) < 4.78 is 24.7. The van der Waals surface area contributed by atoms with Crippen molar-refractivity contribution in [2.45, 2.75) is 31.6 Å². The second-order valence-electron chi connectivity index (χ2n) is 3.63. The zero-order valence-corrected chi connectivity index (χ0v) is 8.85. The Morgan fingerprint density at radius 3 is 2.38 bits per heavy atom. The molecule has 0 fully saturated rings. The summed E-state index contributed by atoms with van der Waals surface area (Å²) in [5.41, 5.74) is 4.97. The molecule has 13 heavy (non-hydrogen) atoms. The highest BCUT2D eigenvalue weighted by molar-refractivity contribution is 7.90. The average Bonchev–Trinajstić information content (AvgIpc) is 1.98. The van der Waals surface area contributed by atoms with Crippen LogP contribution in [-0.2, 0) is 10.0 Å². The molecule has 0 saturated heterocycles. The van der Waals surface area contributed by atoms with Crippen LogP contribution < -0.4 is 10.5 Å². The minimum Gasteiger partial charge on any atom is -0.324 e. The van der Waals surface area contributed by atoms with Gasteiger partial charge in [-0.15, -0.1) is 0 Å². The standard InChI is InChI=1S/C7H15N3O2S/c1-6(4-8)13(11,12)10-5-7(2,3)9/h6,10H,5,9H2,1-3H3. The van der Waals surface area contributed by atoms with Gasteiger partial charge in [0.1, 0.15) is 0 Å². The zero-order chi connectivity index (χ0) is 10.7. The van der Waals surface area contributed by atoms with Crippen LogP contribution in [0.2, 0.25) is 0 Å². The van der Waals surface area contributed by atoms with Crippen LogP contribution in [0.1, 0.15) is 20.8 Å². The highest BCUT2D eigenvalue weighted by Gasteiger charge is 2.22. The Labute approximate surface area is 79.0 Å². The lowest BCUT2D eigenvalue weighted by molar-refractivity contribution is 0.496. The van der Waals surface area contributed by atoms with Crippen LogP contribution in [0.25, 0.3) is 0 Å². The Balaban J connectivity index is 4.32. The molecule has 6 heteroatoms. The summed E-state index contributed by atoms with van der Waals surface area (Å²) in [7, 11) is -3.53. The summed E-state index contributed by atoms with van der Waals surface area (Å²) in [6.45, 7) is 4.85. The van der Waals surface area contributed by atoms with E-state index in [1.807, 2.05) is 0 Å². The number of sulfonamides is 1. The van der Waals surface area contributed by atoms with E-state index in [0.29, 0.717) is 0 Å². The van der Waals surface area contributed by atoms with E-state index in [1.165, 1.54) is 6.92 Å².